The highest BCUT2D eigenvalue weighted by atomic mass is 32.2. The number of carbonyl (C=O) groups is 1. The minimum Gasteiger partial charge on any atom is -0.474 e. The van der Waals surface area contributed by atoms with Crippen LogP contribution in [0.1, 0.15) is 82.5 Å². The lowest BCUT2D eigenvalue weighted by Crippen LogP contribution is -2.29. The highest BCUT2D eigenvalue weighted by Gasteiger charge is 2.23. The number of benzene rings is 1. The fourth-order valence-electron chi connectivity index (χ4n) is 4.03. The van der Waals surface area contributed by atoms with Crippen molar-refractivity contribution in [3.8, 4) is 5.88 Å². The molecule has 1 aliphatic carbocycles. The molecule has 0 aliphatic heterocycles. The Bertz CT molecular complexity index is 1160. The summed E-state index contributed by atoms with van der Waals surface area (Å²) < 4.78 is 45.5. The van der Waals surface area contributed by atoms with Gasteiger partial charge in [0.05, 0.1) is 17.9 Å². The van der Waals surface area contributed by atoms with Crippen molar-refractivity contribution in [3.63, 3.8) is 0 Å². The molecule has 1 aliphatic rings. The Balaban J connectivity index is 1.72. The normalized spacial score (nSPS) is 15.9. The summed E-state index contributed by atoms with van der Waals surface area (Å²) in [6, 6.07) is 7.94. The molecule has 1 aromatic carbocycles. The summed E-state index contributed by atoms with van der Waals surface area (Å²) in [5.74, 6) is -1.10. The number of nitrogens with zero attached hydrogens (tertiary/aromatic N) is 1. The number of amides is 1. The monoisotopic (exact) mass is 505 g/mol. The van der Waals surface area contributed by atoms with Crippen molar-refractivity contribution in [2.45, 2.75) is 83.8 Å². The Morgan fingerprint density at radius 2 is 1.86 bits per heavy atom. The molecule has 2 N–H and O–H groups in total. The van der Waals surface area contributed by atoms with E-state index in [4.69, 9.17) is 9.72 Å². The molecule has 192 valence electrons. The van der Waals surface area contributed by atoms with Gasteiger partial charge in [0.2, 0.25) is 21.8 Å². The molecule has 1 heterocycles. The lowest BCUT2D eigenvalue weighted by Gasteiger charge is -2.26. The van der Waals surface area contributed by atoms with Gasteiger partial charge < -0.3 is 10.1 Å². The van der Waals surface area contributed by atoms with Gasteiger partial charge in [0.15, 0.2) is 0 Å². The molecule has 1 saturated carbocycles. The standard InChI is InChI=1S/C26H36FN3O4S/c1-17(18-11-13-22(21(27)15-18)30-35(5,32)33)24(31)28-16-19-12-14-23(26(2,3)4)29-25(19)34-20-9-7-6-8-10-20/h11-15,17,20,30H,6-10,16H2,1-5H3,(H,28,31). The molecule has 1 atom stereocenters. The maximum atomic E-state index is 14.4. The minimum atomic E-state index is -3.60. The number of pyridine rings is 1. The lowest BCUT2D eigenvalue weighted by molar-refractivity contribution is -0.122. The van der Waals surface area contributed by atoms with Gasteiger partial charge in [0.25, 0.3) is 0 Å². The van der Waals surface area contributed by atoms with Gasteiger partial charge in [0.1, 0.15) is 11.9 Å². The Kier molecular flexibility index (Phi) is 8.41. The Labute approximate surface area is 207 Å². The van der Waals surface area contributed by atoms with Gasteiger partial charge in [-0.3, -0.25) is 9.52 Å². The van der Waals surface area contributed by atoms with Gasteiger partial charge in [-0.25, -0.2) is 17.8 Å². The predicted octanol–water partition coefficient (Wildman–Crippen LogP) is 5.02. The number of carbonyl (C=O) groups excluding carboxylic acids is 1. The van der Waals surface area contributed by atoms with Crippen LogP contribution in [0.2, 0.25) is 0 Å². The van der Waals surface area contributed by atoms with Crippen molar-refractivity contribution >= 4 is 21.6 Å². The maximum Gasteiger partial charge on any atom is 0.229 e. The number of sulfonamides is 1. The number of nitrogens with one attached hydrogen (secondary N) is 2. The molecule has 2 aromatic rings. The molecule has 1 amide bonds. The van der Waals surface area contributed by atoms with Gasteiger partial charge in [-0.1, -0.05) is 39.3 Å². The third-order valence-electron chi connectivity index (χ3n) is 6.17. The molecule has 1 aromatic heterocycles. The van der Waals surface area contributed by atoms with Crippen molar-refractivity contribution in [1.82, 2.24) is 10.3 Å². The topological polar surface area (TPSA) is 97.4 Å². The summed E-state index contributed by atoms with van der Waals surface area (Å²) >= 11 is 0. The third kappa shape index (κ3) is 7.65. The molecule has 0 saturated heterocycles. The second-order valence-corrected chi connectivity index (χ2v) is 12.1. The largest absolute Gasteiger partial charge is 0.474 e. The molecule has 35 heavy (non-hydrogen) atoms. The first-order valence-corrected chi connectivity index (χ1v) is 13.9. The fourth-order valence-corrected chi connectivity index (χ4v) is 4.60. The smallest absolute Gasteiger partial charge is 0.229 e. The molecule has 0 bridgehead atoms. The van der Waals surface area contributed by atoms with Gasteiger partial charge >= 0.3 is 0 Å². The Morgan fingerprint density at radius 1 is 1.17 bits per heavy atom. The minimum absolute atomic E-state index is 0.127. The molecule has 1 fully saturated rings. The molecule has 7 nitrogen and oxygen atoms in total. The van der Waals surface area contributed by atoms with E-state index in [1.165, 1.54) is 24.6 Å². The molecule has 1 unspecified atom stereocenters. The van der Waals surface area contributed by atoms with Crippen LogP contribution in [-0.2, 0) is 26.8 Å². The van der Waals surface area contributed by atoms with E-state index in [2.05, 4.69) is 30.8 Å². The zero-order chi connectivity index (χ0) is 25.8. The van der Waals surface area contributed by atoms with E-state index in [0.29, 0.717) is 11.4 Å². The van der Waals surface area contributed by atoms with Crippen LogP contribution >= 0.6 is 0 Å². The number of hydrogen-bond donors (Lipinski definition) is 2. The van der Waals surface area contributed by atoms with Crippen LogP contribution in [0.5, 0.6) is 5.88 Å². The summed E-state index contributed by atoms with van der Waals surface area (Å²) in [5.41, 5.74) is 1.87. The number of aromatic nitrogens is 1. The third-order valence-corrected chi connectivity index (χ3v) is 6.76. The van der Waals surface area contributed by atoms with E-state index in [1.807, 2.05) is 12.1 Å². The summed E-state index contributed by atoms with van der Waals surface area (Å²) in [7, 11) is -3.60. The van der Waals surface area contributed by atoms with Gasteiger partial charge in [-0.2, -0.15) is 0 Å². The first-order valence-electron chi connectivity index (χ1n) is 12.1. The highest BCUT2D eigenvalue weighted by Crippen LogP contribution is 2.29. The van der Waals surface area contributed by atoms with Gasteiger partial charge in [-0.15, -0.1) is 0 Å². The molecule has 0 radical (unpaired) electrons. The van der Waals surface area contributed by atoms with Crippen molar-refractivity contribution in [2.75, 3.05) is 11.0 Å². The average Bonchev–Trinajstić information content (AvgIpc) is 2.78. The van der Waals surface area contributed by atoms with Gasteiger partial charge in [0, 0.05) is 23.2 Å². The summed E-state index contributed by atoms with van der Waals surface area (Å²) in [6.45, 7) is 8.20. The van der Waals surface area contributed by atoms with Crippen molar-refractivity contribution in [2.24, 2.45) is 0 Å². The Morgan fingerprint density at radius 3 is 2.46 bits per heavy atom. The fraction of sp³-hybridized carbons (Fsp3) is 0.538. The summed E-state index contributed by atoms with van der Waals surface area (Å²) in [4.78, 5) is 17.7. The number of halogens is 1. The lowest BCUT2D eigenvalue weighted by atomic mass is 9.91. The first kappa shape index (κ1) is 26.9. The molecular formula is C26H36FN3O4S. The van der Waals surface area contributed by atoms with E-state index in [0.717, 1.165) is 43.2 Å². The molecule has 0 spiro atoms. The summed E-state index contributed by atoms with van der Waals surface area (Å²) in [6.07, 6.45) is 6.58. The number of rotatable bonds is 8. The van der Waals surface area contributed by atoms with Crippen LogP contribution in [0, 0.1) is 5.82 Å². The average molecular weight is 506 g/mol. The highest BCUT2D eigenvalue weighted by molar-refractivity contribution is 7.92. The van der Waals surface area contributed by atoms with Crippen molar-refractivity contribution < 1.29 is 22.3 Å². The van der Waals surface area contributed by atoms with Crippen LogP contribution < -0.4 is 14.8 Å². The molecular weight excluding hydrogens is 469 g/mol. The number of hydrogen-bond acceptors (Lipinski definition) is 5. The van der Waals surface area contributed by atoms with E-state index in [-0.39, 0.29) is 29.7 Å². The summed E-state index contributed by atoms with van der Waals surface area (Å²) in [5, 5.41) is 2.91. The van der Waals surface area contributed by atoms with Crippen LogP contribution in [0.4, 0.5) is 10.1 Å². The number of ether oxygens (including phenoxy) is 1. The van der Waals surface area contributed by atoms with Gasteiger partial charge in [-0.05, 0) is 56.4 Å². The predicted molar refractivity (Wildman–Crippen MR) is 136 cm³/mol. The van der Waals surface area contributed by atoms with Crippen LogP contribution in [0.3, 0.4) is 0 Å². The van der Waals surface area contributed by atoms with E-state index in [1.54, 1.807) is 6.92 Å². The van der Waals surface area contributed by atoms with Crippen LogP contribution in [0.15, 0.2) is 30.3 Å². The Hall–Kier alpha value is -2.68. The second kappa shape index (κ2) is 10.9. The zero-order valence-electron chi connectivity index (χ0n) is 21.2. The van der Waals surface area contributed by atoms with E-state index in [9.17, 15) is 17.6 Å². The first-order chi connectivity index (χ1) is 16.3. The number of anilines is 1. The molecule has 9 heteroatoms. The van der Waals surface area contributed by atoms with Crippen LogP contribution in [-0.4, -0.2) is 31.7 Å². The SMILES string of the molecule is CC(C(=O)NCc1ccc(C(C)(C)C)nc1OC1CCCCC1)c1ccc(NS(C)(=O)=O)c(F)c1. The van der Waals surface area contributed by atoms with Crippen molar-refractivity contribution in [3.05, 3.63) is 53.0 Å². The molecule has 3 rings (SSSR count). The maximum absolute atomic E-state index is 14.4. The second-order valence-electron chi connectivity index (χ2n) is 10.3. The zero-order valence-corrected chi connectivity index (χ0v) is 22.0. The van der Waals surface area contributed by atoms with Crippen LogP contribution in [0.25, 0.3) is 0 Å². The van der Waals surface area contributed by atoms with E-state index >= 15 is 0 Å². The van der Waals surface area contributed by atoms with Crippen molar-refractivity contribution in [1.29, 1.82) is 0 Å². The van der Waals surface area contributed by atoms with E-state index < -0.39 is 21.8 Å². The quantitative estimate of drug-likeness (QED) is 0.525.